The van der Waals surface area contributed by atoms with Crippen LogP contribution < -0.4 is 25.8 Å². The summed E-state index contributed by atoms with van der Waals surface area (Å²) < 4.78 is 11.4. The van der Waals surface area contributed by atoms with E-state index in [4.69, 9.17) is 15.2 Å². The highest BCUT2D eigenvalue weighted by Gasteiger charge is 2.09. The maximum atomic E-state index is 12.5. The molecule has 7 heteroatoms. The van der Waals surface area contributed by atoms with E-state index < -0.39 is 0 Å². The lowest BCUT2D eigenvalue weighted by atomic mass is 10.1. The van der Waals surface area contributed by atoms with Crippen molar-refractivity contribution in [3.05, 3.63) is 108 Å². The molecule has 4 aromatic rings. The van der Waals surface area contributed by atoms with Crippen LogP contribution in [0.15, 0.2) is 91.3 Å². The van der Waals surface area contributed by atoms with E-state index in [1.54, 1.807) is 43.8 Å². The Morgan fingerprint density at radius 2 is 1.76 bits per heavy atom. The Morgan fingerprint density at radius 1 is 0.941 bits per heavy atom. The fraction of sp³-hybridized carbons (Fsp3) is 0.111. The number of nitrogens with one attached hydrogen (secondary N) is 2. The number of nitrogen functional groups attached to an aromatic ring is 1. The predicted molar refractivity (Wildman–Crippen MR) is 134 cm³/mol. The van der Waals surface area contributed by atoms with Crippen molar-refractivity contribution in [2.24, 2.45) is 0 Å². The summed E-state index contributed by atoms with van der Waals surface area (Å²) in [4.78, 5) is 16.6. The van der Waals surface area contributed by atoms with E-state index in [0.29, 0.717) is 41.6 Å². The van der Waals surface area contributed by atoms with Gasteiger partial charge >= 0.3 is 0 Å². The number of carbonyl (C=O) groups is 1. The first-order valence-corrected chi connectivity index (χ1v) is 10.8. The predicted octanol–water partition coefficient (Wildman–Crippen LogP) is 5.12. The molecule has 1 aromatic heterocycles. The topological polar surface area (TPSA) is 98.5 Å². The molecule has 0 radical (unpaired) electrons. The zero-order valence-corrected chi connectivity index (χ0v) is 18.8. The number of para-hydroxylation sites is 2. The number of pyridine rings is 1. The van der Waals surface area contributed by atoms with Gasteiger partial charge in [-0.05, 0) is 48.0 Å². The number of rotatable bonds is 9. The summed E-state index contributed by atoms with van der Waals surface area (Å²) in [5, 5.41) is 6.22. The number of aromatic nitrogens is 1. The minimum Gasteiger partial charge on any atom is -0.493 e. The molecule has 4 rings (SSSR count). The molecule has 0 fully saturated rings. The zero-order valence-electron chi connectivity index (χ0n) is 18.8. The number of carbonyl (C=O) groups excluding carboxylic acids is 1. The largest absolute Gasteiger partial charge is 0.493 e. The van der Waals surface area contributed by atoms with E-state index in [9.17, 15) is 4.79 Å². The number of amides is 1. The summed E-state index contributed by atoms with van der Waals surface area (Å²) in [7, 11) is 1.61. The van der Waals surface area contributed by atoms with Gasteiger partial charge in [-0.25, -0.2) is 0 Å². The third-order valence-electron chi connectivity index (χ3n) is 5.20. The molecule has 1 amide bonds. The molecule has 0 aliphatic rings. The van der Waals surface area contributed by atoms with Gasteiger partial charge in [0.1, 0.15) is 6.61 Å². The second kappa shape index (κ2) is 10.9. The van der Waals surface area contributed by atoms with E-state index in [1.165, 1.54) is 0 Å². The molecule has 3 aromatic carbocycles. The Hall–Kier alpha value is -4.52. The van der Waals surface area contributed by atoms with Gasteiger partial charge in [0.2, 0.25) is 0 Å². The quantitative estimate of drug-likeness (QED) is 0.304. The number of benzene rings is 3. The molecule has 4 N–H and O–H groups in total. The molecule has 1 heterocycles. The maximum absolute atomic E-state index is 12.5. The van der Waals surface area contributed by atoms with E-state index >= 15 is 0 Å². The van der Waals surface area contributed by atoms with Crippen LogP contribution in [0.1, 0.15) is 21.5 Å². The lowest BCUT2D eigenvalue weighted by molar-refractivity contribution is 0.102. The highest BCUT2D eigenvalue weighted by atomic mass is 16.5. The average Bonchev–Trinajstić information content (AvgIpc) is 2.88. The number of nitrogens with zero attached hydrogens (tertiary/aromatic N) is 1. The fourth-order valence-electron chi connectivity index (χ4n) is 3.33. The molecule has 0 atom stereocenters. The van der Waals surface area contributed by atoms with Crippen molar-refractivity contribution < 1.29 is 14.3 Å². The number of hydrogen-bond acceptors (Lipinski definition) is 6. The molecule has 34 heavy (non-hydrogen) atoms. The molecule has 0 unspecified atom stereocenters. The third kappa shape index (κ3) is 5.83. The minimum atomic E-state index is -0.206. The highest BCUT2D eigenvalue weighted by molar-refractivity contribution is 6.05. The molecule has 0 spiro atoms. The van der Waals surface area contributed by atoms with Crippen LogP contribution in [0.5, 0.6) is 11.5 Å². The van der Waals surface area contributed by atoms with Crippen molar-refractivity contribution in [3.63, 3.8) is 0 Å². The van der Waals surface area contributed by atoms with Crippen molar-refractivity contribution in [2.75, 3.05) is 23.5 Å². The van der Waals surface area contributed by atoms with Gasteiger partial charge in [0.05, 0.1) is 18.5 Å². The van der Waals surface area contributed by atoms with Gasteiger partial charge in [-0.2, -0.15) is 0 Å². The first-order valence-electron chi connectivity index (χ1n) is 10.8. The maximum Gasteiger partial charge on any atom is 0.255 e. The van der Waals surface area contributed by atoms with Gasteiger partial charge in [-0.3, -0.25) is 9.78 Å². The van der Waals surface area contributed by atoms with Crippen LogP contribution in [0, 0.1) is 0 Å². The van der Waals surface area contributed by atoms with E-state index in [2.05, 4.69) is 15.6 Å². The Balaban J connectivity index is 1.36. The van der Waals surface area contributed by atoms with Gasteiger partial charge in [0.15, 0.2) is 11.5 Å². The van der Waals surface area contributed by atoms with Gasteiger partial charge in [0, 0.05) is 41.8 Å². The van der Waals surface area contributed by atoms with Gasteiger partial charge in [-0.15, -0.1) is 0 Å². The van der Waals surface area contributed by atoms with Crippen molar-refractivity contribution in [2.45, 2.75) is 13.2 Å². The summed E-state index contributed by atoms with van der Waals surface area (Å²) in [6.07, 6.45) is 3.50. The first-order chi connectivity index (χ1) is 16.6. The van der Waals surface area contributed by atoms with Gasteiger partial charge in [-0.1, -0.05) is 30.3 Å². The smallest absolute Gasteiger partial charge is 0.255 e. The summed E-state index contributed by atoms with van der Waals surface area (Å²) in [5.74, 6) is 1.09. The SMILES string of the molecule is COc1ccc(NCc2ccc(C(=O)Nc3ccccc3N)cc2)cc1OCc1cccnc1. The highest BCUT2D eigenvalue weighted by Crippen LogP contribution is 2.31. The Bertz CT molecular complexity index is 1240. The second-order valence-electron chi connectivity index (χ2n) is 7.61. The number of nitrogens with two attached hydrogens (primary N) is 1. The standard InChI is InChI=1S/C27H26N4O3/c1-33-25-13-12-22(15-26(25)34-18-20-5-4-14-29-16-20)30-17-19-8-10-21(11-9-19)27(32)31-24-7-3-2-6-23(24)28/h2-16,30H,17-18,28H2,1H3,(H,31,32). The molecule has 0 bridgehead atoms. The number of methoxy groups -OCH3 is 1. The van der Waals surface area contributed by atoms with Crippen LogP contribution in [-0.4, -0.2) is 18.0 Å². The minimum absolute atomic E-state index is 0.206. The summed E-state index contributed by atoms with van der Waals surface area (Å²) in [6.45, 7) is 0.980. The van der Waals surface area contributed by atoms with E-state index in [0.717, 1.165) is 16.8 Å². The summed E-state index contributed by atoms with van der Waals surface area (Å²) in [6, 6.07) is 24.1. The second-order valence-corrected chi connectivity index (χ2v) is 7.61. The normalized spacial score (nSPS) is 10.4. The molecule has 0 aliphatic heterocycles. The Kier molecular flexibility index (Phi) is 7.25. The fourth-order valence-corrected chi connectivity index (χ4v) is 3.33. The summed E-state index contributed by atoms with van der Waals surface area (Å²) in [5.41, 5.74) is 10.5. The first kappa shape index (κ1) is 22.7. The molecule has 0 saturated heterocycles. The van der Waals surface area contributed by atoms with Crippen LogP contribution in [0.25, 0.3) is 0 Å². The van der Waals surface area contributed by atoms with Crippen LogP contribution in [-0.2, 0) is 13.2 Å². The molecule has 0 aliphatic carbocycles. The molecule has 0 saturated carbocycles. The van der Waals surface area contributed by atoms with Crippen LogP contribution in [0.4, 0.5) is 17.1 Å². The lowest BCUT2D eigenvalue weighted by Gasteiger charge is -2.14. The summed E-state index contributed by atoms with van der Waals surface area (Å²) >= 11 is 0. The number of hydrogen-bond donors (Lipinski definition) is 3. The Morgan fingerprint density at radius 3 is 2.50 bits per heavy atom. The number of ether oxygens (including phenoxy) is 2. The van der Waals surface area contributed by atoms with Gasteiger partial charge in [0.25, 0.3) is 5.91 Å². The Labute approximate surface area is 198 Å². The van der Waals surface area contributed by atoms with Crippen LogP contribution in [0.2, 0.25) is 0 Å². The third-order valence-corrected chi connectivity index (χ3v) is 5.20. The lowest BCUT2D eigenvalue weighted by Crippen LogP contribution is -2.13. The van der Waals surface area contributed by atoms with Crippen LogP contribution in [0.3, 0.4) is 0 Å². The zero-order chi connectivity index (χ0) is 23.8. The van der Waals surface area contributed by atoms with E-state index in [-0.39, 0.29) is 5.91 Å². The average molecular weight is 455 g/mol. The molecular weight excluding hydrogens is 428 g/mol. The van der Waals surface area contributed by atoms with Crippen molar-refractivity contribution in [1.82, 2.24) is 4.98 Å². The van der Waals surface area contributed by atoms with Crippen molar-refractivity contribution in [1.29, 1.82) is 0 Å². The van der Waals surface area contributed by atoms with E-state index in [1.807, 2.05) is 54.6 Å². The van der Waals surface area contributed by atoms with Gasteiger partial charge < -0.3 is 25.8 Å². The van der Waals surface area contributed by atoms with Crippen molar-refractivity contribution >= 4 is 23.0 Å². The van der Waals surface area contributed by atoms with Crippen molar-refractivity contribution in [3.8, 4) is 11.5 Å². The molecule has 172 valence electrons. The molecule has 7 nitrogen and oxygen atoms in total. The molecular formula is C27H26N4O3. The number of anilines is 3. The monoisotopic (exact) mass is 454 g/mol. The van der Waals surface area contributed by atoms with Crippen LogP contribution >= 0.6 is 0 Å².